The Morgan fingerprint density at radius 3 is 2.41 bits per heavy atom. The van der Waals surface area contributed by atoms with Crippen LogP contribution in [0.15, 0.2) is 0 Å². The first-order valence-electron chi connectivity index (χ1n) is 7.29. The molecule has 0 saturated heterocycles. The largest absolute Gasteiger partial charge is 0.370 e. The predicted molar refractivity (Wildman–Crippen MR) is 71.1 cm³/mol. The van der Waals surface area contributed by atoms with Crippen LogP contribution in [0.2, 0.25) is 0 Å². The number of carbonyl (C=O) groups excluding carboxylic acids is 1. The van der Waals surface area contributed by atoms with Crippen molar-refractivity contribution in [1.29, 1.82) is 0 Å². The second-order valence-corrected chi connectivity index (χ2v) is 5.67. The smallest absolute Gasteiger partial charge is 0.161 e. The summed E-state index contributed by atoms with van der Waals surface area (Å²) in [6, 6.07) is 0. The zero-order chi connectivity index (χ0) is 12.7. The molecule has 1 rings (SSSR count). The number of Topliss-reactive ketones (excluding diaryl/α,β-unsaturated/α-hetero) is 1. The van der Waals surface area contributed by atoms with Crippen LogP contribution in [0.4, 0.5) is 0 Å². The van der Waals surface area contributed by atoms with Gasteiger partial charge in [0.15, 0.2) is 5.78 Å². The van der Waals surface area contributed by atoms with Crippen molar-refractivity contribution >= 4 is 5.78 Å². The zero-order valence-electron chi connectivity index (χ0n) is 11.7. The first-order chi connectivity index (χ1) is 8.15. The average Bonchev–Trinajstić information content (AvgIpc) is 2.34. The first kappa shape index (κ1) is 14.7. The maximum atomic E-state index is 12.2. The average molecular weight is 240 g/mol. The van der Waals surface area contributed by atoms with E-state index in [2.05, 4.69) is 13.8 Å². The second-order valence-electron chi connectivity index (χ2n) is 5.67. The van der Waals surface area contributed by atoms with Crippen molar-refractivity contribution in [2.45, 2.75) is 71.8 Å². The molecule has 1 unspecified atom stereocenters. The maximum absolute atomic E-state index is 12.2. The molecule has 1 atom stereocenters. The van der Waals surface area contributed by atoms with Crippen LogP contribution in [-0.4, -0.2) is 18.5 Å². The lowest BCUT2D eigenvalue weighted by atomic mass is 9.82. The predicted octanol–water partition coefficient (Wildman–Crippen LogP) is 3.98. The fourth-order valence-corrected chi connectivity index (χ4v) is 2.68. The third-order valence-electron chi connectivity index (χ3n) is 3.71. The highest BCUT2D eigenvalue weighted by Gasteiger charge is 2.29. The SMILES string of the molecule is CCOC(C(=O)CCC(C)C)C1CCCCC1. The summed E-state index contributed by atoms with van der Waals surface area (Å²) in [5.74, 6) is 1.43. The van der Waals surface area contributed by atoms with Crippen molar-refractivity contribution in [2.75, 3.05) is 6.61 Å². The summed E-state index contributed by atoms with van der Waals surface area (Å²) in [5, 5.41) is 0. The van der Waals surface area contributed by atoms with Crippen LogP contribution in [0.3, 0.4) is 0 Å². The quantitative estimate of drug-likeness (QED) is 0.673. The molecule has 0 aliphatic heterocycles. The van der Waals surface area contributed by atoms with Crippen LogP contribution in [-0.2, 0) is 9.53 Å². The van der Waals surface area contributed by atoms with Gasteiger partial charge in [0.05, 0.1) is 0 Å². The van der Waals surface area contributed by atoms with E-state index in [0.29, 0.717) is 30.6 Å². The summed E-state index contributed by atoms with van der Waals surface area (Å²) < 4.78 is 5.73. The molecule has 2 heteroatoms. The summed E-state index contributed by atoms with van der Waals surface area (Å²) >= 11 is 0. The fourth-order valence-electron chi connectivity index (χ4n) is 2.68. The zero-order valence-corrected chi connectivity index (χ0v) is 11.7. The molecule has 1 saturated carbocycles. The Morgan fingerprint density at radius 2 is 1.88 bits per heavy atom. The van der Waals surface area contributed by atoms with E-state index in [1.54, 1.807) is 0 Å². The van der Waals surface area contributed by atoms with Gasteiger partial charge in [-0.2, -0.15) is 0 Å². The fraction of sp³-hybridized carbons (Fsp3) is 0.933. The van der Waals surface area contributed by atoms with Gasteiger partial charge in [-0.1, -0.05) is 33.1 Å². The highest BCUT2D eigenvalue weighted by atomic mass is 16.5. The molecule has 17 heavy (non-hydrogen) atoms. The highest BCUT2D eigenvalue weighted by Crippen LogP contribution is 2.29. The number of ketones is 1. The molecule has 0 aromatic rings. The standard InChI is InChI=1S/C15H28O2/c1-4-17-15(13-8-6-5-7-9-13)14(16)11-10-12(2)3/h12-13,15H,4-11H2,1-3H3. The Morgan fingerprint density at radius 1 is 1.24 bits per heavy atom. The van der Waals surface area contributed by atoms with Gasteiger partial charge in [0.2, 0.25) is 0 Å². The van der Waals surface area contributed by atoms with Crippen LogP contribution in [0.5, 0.6) is 0 Å². The molecule has 0 heterocycles. The lowest BCUT2D eigenvalue weighted by molar-refractivity contribution is -0.135. The number of ether oxygens (including phenoxy) is 1. The molecule has 1 aliphatic rings. The summed E-state index contributed by atoms with van der Waals surface area (Å²) in [7, 11) is 0. The minimum atomic E-state index is -0.112. The van der Waals surface area contributed by atoms with Crippen molar-refractivity contribution in [3.8, 4) is 0 Å². The monoisotopic (exact) mass is 240 g/mol. The molecule has 2 nitrogen and oxygen atoms in total. The summed E-state index contributed by atoms with van der Waals surface area (Å²) in [4.78, 5) is 12.2. The number of carbonyl (C=O) groups is 1. The molecule has 100 valence electrons. The molecule has 0 spiro atoms. The van der Waals surface area contributed by atoms with E-state index in [1.807, 2.05) is 6.92 Å². The van der Waals surface area contributed by atoms with Gasteiger partial charge in [-0.3, -0.25) is 4.79 Å². The van der Waals surface area contributed by atoms with Crippen LogP contribution >= 0.6 is 0 Å². The van der Waals surface area contributed by atoms with E-state index in [1.165, 1.54) is 32.1 Å². The molecular formula is C15H28O2. The Hall–Kier alpha value is -0.370. The Balaban J connectivity index is 2.47. The third kappa shape index (κ3) is 5.20. The summed E-state index contributed by atoms with van der Waals surface area (Å²) in [6.07, 6.45) is 7.80. The van der Waals surface area contributed by atoms with E-state index in [-0.39, 0.29) is 6.10 Å². The van der Waals surface area contributed by atoms with Gasteiger partial charge in [-0.25, -0.2) is 0 Å². The summed E-state index contributed by atoms with van der Waals surface area (Å²) in [5.41, 5.74) is 0. The topological polar surface area (TPSA) is 26.3 Å². The highest BCUT2D eigenvalue weighted by molar-refractivity contribution is 5.83. The molecule has 0 radical (unpaired) electrons. The van der Waals surface area contributed by atoms with Crippen LogP contribution < -0.4 is 0 Å². The van der Waals surface area contributed by atoms with E-state index in [0.717, 1.165) is 6.42 Å². The van der Waals surface area contributed by atoms with Crippen LogP contribution in [0.1, 0.15) is 65.7 Å². The van der Waals surface area contributed by atoms with Crippen LogP contribution in [0.25, 0.3) is 0 Å². The van der Waals surface area contributed by atoms with E-state index in [9.17, 15) is 4.79 Å². The second kappa shape index (κ2) is 7.86. The van der Waals surface area contributed by atoms with E-state index >= 15 is 0 Å². The lowest BCUT2D eigenvalue weighted by Crippen LogP contribution is -2.34. The minimum absolute atomic E-state index is 0.112. The molecule has 0 bridgehead atoms. The van der Waals surface area contributed by atoms with Gasteiger partial charge in [-0.15, -0.1) is 0 Å². The van der Waals surface area contributed by atoms with Gasteiger partial charge in [-0.05, 0) is 38.0 Å². The Kier molecular flexibility index (Phi) is 6.79. The molecule has 0 amide bonds. The molecule has 0 aromatic heterocycles. The van der Waals surface area contributed by atoms with Gasteiger partial charge in [0.25, 0.3) is 0 Å². The van der Waals surface area contributed by atoms with Crippen molar-refractivity contribution in [2.24, 2.45) is 11.8 Å². The van der Waals surface area contributed by atoms with E-state index < -0.39 is 0 Å². The number of rotatable bonds is 7. The third-order valence-corrected chi connectivity index (χ3v) is 3.71. The molecule has 1 fully saturated rings. The molecule has 0 aromatic carbocycles. The minimum Gasteiger partial charge on any atom is -0.370 e. The molecule has 0 N–H and O–H groups in total. The Bertz CT molecular complexity index is 217. The maximum Gasteiger partial charge on any atom is 0.161 e. The van der Waals surface area contributed by atoms with Gasteiger partial charge < -0.3 is 4.74 Å². The number of hydrogen-bond acceptors (Lipinski definition) is 2. The summed E-state index contributed by atoms with van der Waals surface area (Å²) in [6.45, 7) is 6.99. The van der Waals surface area contributed by atoms with E-state index in [4.69, 9.17) is 4.74 Å². The van der Waals surface area contributed by atoms with Crippen molar-refractivity contribution in [3.63, 3.8) is 0 Å². The van der Waals surface area contributed by atoms with Crippen molar-refractivity contribution in [3.05, 3.63) is 0 Å². The van der Waals surface area contributed by atoms with Crippen molar-refractivity contribution < 1.29 is 9.53 Å². The van der Waals surface area contributed by atoms with Gasteiger partial charge in [0.1, 0.15) is 6.10 Å². The molecule has 1 aliphatic carbocycles. The van der Waals surface area contributed by atoms with Gasteiger partial charge >= 0.3 is 0 Å². The lowest BCUT2D eigenvalue weighted by Gasteiger charge is -2.29. The van der Waals surface area contributed by atoms with Crippen LogP contribution in [0, 0.1) is 11.8 Å². The number of hydrogen-bond donors (Lipinski definition) is 0. The first-order valence-corrected chi connectivity index (χ1v) is 7.29. The Labute approximate surface area is 106 Å². The van der Waals surface area contributed by atoms with Crippen molar-refractivity contribution in [1.82, 2.24) is 0 Å². The van der Waals surface area contributed by atoms with Gasteiger partial charge in [0, 0.05) is 13.0 Å². The molecular weight excluding hydrogens is 212 g/mol. The normalized spacial score (nSPS) is 19.5.